The Labute approximate surface area is 93.8 Å². The van der Waals surface area contributed by atoms with Gasteiger partial charge in [0.05, 0.1) is 0 Å². The minimum Gasteiger partial charge on any atom is -0.409 e. The number of oxime groups is 1. The predicted molar refractivity (Wildman–Crippen MR) is 62.8 cm³/mol. The lowest BCUT2D eigenvalue weighted by Gasteiger charge is -2.18. The third kappa shape index (κ3) is 2.48. The van der Waals surface area contributed by atoms with Crippen molar-refractivity contribution in [1.82, 2.24) is 5.01 Å². The molecule has 0 unspecified atom stereocenters. The lowest BCUT2D eigenvalue weighted by molar-refractivity contribution is 0.311. The number of nitrogens with two attached hydrogens (primary N) is 2. The van der Waals surface area contributed by atoms with Crippen LogP contribution in [0.1, 0.15) is 18.1 Å². The van der Waals surface area contributed by atoms with Gasteiger partial charge in [0.2, 0.25) is 0 Å². The van der Waals surface area contributed by atoms with Crippen molar-refractivity contribution in [3.8, 4) is 0 Å². The van der Waals surface area contributed by atoms with Crippen LogP contribution < -0.4 is 11.7 Å². The Kier molecular flexibility index (Phi) is 3.84. The smallest absolute Gasteiger partial charge is 0.195 e. The first-order valence-corrected chi connectivity index (χ1v) is 4.68. The number of rotatable bonds is 1. The molecule has 0 aromatic heterocycles. The van der Waals surface area contributed by atoms with E-state index in [4.69, 9.17) is 16.9 Å². The van der Waals surface area contributed by atoms with Crippen molar-refractivity contribution in [2.75, 3.05) is 0 Å². The topological polar surface area (TPSA) is 100 Å². The summed E-state index contributed by atoms with van der Waals surface area (Å²) in [4.78, 5) is 0. The maximum Gasteiger partial charge on any atom is 0.195 e. The third-order valence-electron chi connectivity index (χ3n) is 2.17. The zero-order valence-corrected chi connectivity index (χ0v) is 9.25. The van der Waals surface area contributed by atoms with Gasteiger partial charge < -0.3 is 11.0 Å². The first-order chi connectivity index (χ1) is 7.60. The zero-order chi connectivity index (χ0) is 12.1. The number of hydrazone groups is 1. The molecular formula is C10H15N5O. The van der Waals surface area contributed by atoms with Crippen molar-refractivity contribution in [1.29, 1.82) is 0 Å². The molecule has 5 N–H and O–H groups in total. The van der Waals surface area contributed by atoms with Crippen molar-refractivity contribution < 1.29 is 5.21 Å². The van der Waals surface area contributed by atoms with E-state index in [0.29, 0.717) is 11.4 Å². The summed E-state index contributed by atoms with van der Waals surface area (Å²) in [5.74, 6) is 11.3. The normalized spacial score (nSPS) is 12.7. The first-order valence-electron chi connectivity index (χ1n) is 4.68. The summed E-state index contributed by atoms with van der Waals surface area (Å²) in [6.45, 7) is 3.58. The lowest BCUT2D eigenvalue weighted by atomic mass is 10.1. The number of hydrogen-bond acceptors (Lipinski definition) is 5. The second-order valence-corrected chi connectivity index (χ2v) is 3.34. The van der Waals surface area contributed by atoms with E-state index in [1.807, 2.05) is 19.1 Å². The Bertz CT molecular complexity index is 410. The van der Waals surface area contributed by atoms with Gasteiger partial charge in [0.15, 0.2) is 5.84 Å². The number of benzene rings is 1. The van der Waals surface area contributed by atoms with E-state index in [-0.39, 0.29) is 5.84 Å². The van der Waals surface area contributed by atoms with Crippen molar-refractivity contribution in [2.24, 2.45) is 21.9 Å². The molecule has 0 radical (unpaired) electrons. The summed E-state index contributed by atoms with van der Waals surface area (Å²) < 4.78 is 0. The number of amidine groups is 2. The molecule has 0 aliphatic heterocycles. The summed E-state index contributed by atoms with van der Waals surface area (Å²) in [6, 6.07) is 7.38. The highest BCUT2D eigenvalue weighted by Crippen LogP contribution is 2.06. The standard InChI is InChI=1S/C10H15N5O/c1-7-3-5-9(6-4-7)10(14-16)15(12)8(2)13-11/h3-6,16H,11-12H2,1-2H3/b13-8-,14-10+. The zero-order valence-electron chi connectivity index (χ0n) is 9.25. The van der Waals surface area contributed by atoms with Gasteiger partial charge in [-0.2, -0.15) is 5.10 Å². The van der Waals surface area contributed by atoms with Crippen molar-refractivity contribution in [3.63, 3.8) is 0 Å². The number of hydrazine groups is 1. The highest BCUT2D eigenvalue weighted by molar-refractivity contribution is 6.07. The van der Waals surface area contributed by atoms with E-state index in [9.17, 15) is 0 Å². The van der Waals surface area contributed by atoms with Gasteiger partial charge in [0, 0.05) is 5.56 Å². The van der Waals surface area contributed by atoms with Crippen LogP contribution in [0.5, 0.6) is 0 Å². The SMILES string of the molecule is C/C(=N/N)N(N)/C(=N/O)c1ccc(C)cc1. The Balaban J connectivity index is 3.05. The van der Waals surface area contributed by atoms with Crippen LogP contribution in [0.25, 0.3) is 0 Å². The second kappa shape index (κ2) is 5.13. The minimum atomic E-state index is 0.187. The molecule has 1 aromatic carbocycles. The third-order valence-corrected chi connectivity index (χ3v) is 2.17. The molecular weight excluding hydrogens is 206 g/mol. The van der Waals surface area contributed by atoms with E-state index < -0.39 is 0 Å². The fraction of sp³-hybridized carbons (Fsp3) is 0.200. The number of hydrogen-bond donors (Lipinski definition) is 3. The predicted octanol–water partition coefficient (Wildman–Crippen LogP) is 0.599. The average molecular weight is 221 g/mol. The van der Waals surface area contributed by atoms with Crippen LogP contribution >= 0.6 is 0 Å². The van der Waals surface area contributed by atoms with Crippen molar-refractivity contribution >= 4 is 11.7 Å². The lowest BCUT2D eigenvalue weighted by Crippen LogP contribution is -2.42. The van der Waals surface area contributed by atoms with Crippen LogP contribution in [-0.4, -0.2) is 21.9 Å². The number of nitrogens with zero attached hydrogens (tertiary/aromatic N) is 3. The van der Waals surface area contributed by atoms with Gasteiger partial charge in [-0.25, -0.2) is 10.9 Å². The van der Waals surface area contributed by atoms with E-state index in [1.54, 1.807) is 19.1 Å². The van der Waals surface area contributed by atoms with Crippen LogP contribution in [-0.2, 0) is 0 Å². The molecule has 0 aliphatic rings. The summed E-state index contributed by atoms with van der Waals surface area (Å²) >= 11 is 0. The first kappa shape index (κ1) is 12.0. The maximum absolute atomic E-state index is 8.93. The van der Waals surface area contributed by atoms with E-state index in [0.717, 1.165) is 10.6 Å². The summed E-state index contributed by atoms with van der Waals surface area (Å²) in [7, 11) is 0. The fourth-order valence-electron chi connectivity index (χ4n) is 1.16. The Morgan fingerprint density at radius 3 is 2.31 bits per heavy atom. The molecule has 0 heterocycles. The molecule has 1 rings (SSSR count). The van der Waals surface area contributed by atoms with Gasteiger partial charge in [-0.3, -0.25) is 0 Å². The van der Waals surface area contributed by atoms with Gasteiger partial charge in [0.25, 0.3) is 0 Å². The molecule has 0 amide bonds. The minimum absolute atomic E-state index is 0.187. The molecule has 16 heavy (non-hydrogen) atoms. The summed E-state index contributed by atoms with van der Waals surface area (Å²) in [6.07, 6.45) is 0. The van der Waals surface area contributed by atoms with Crippen LogP contribution in [0.2, 0.25) is 0 Å². The highest BCUT2D eigenvalue weighted by Gasteiger charge is 2.13. The molecule has 86 valence electrons. The molecule has 6 nitrogen and oxygen atoms in total. The molecule has 0 aliphatic carbocycles. The molecule has 0 saturated carbocycles. The number of aryl methyl sites for hydroxylation is 1. The monoisotopic (exact) mass is 221 g/mol. The molecule has 0 saturated heterocycles. The molecule has 0 spiro atoms. The Morgan fingerprint density at radius 2 is 1.88 bits per heavy atom. The molecule has 6 heteroatoms. The van der Waals surface area contributed by atoms with Crippen LogP contribution in [0, 0.1) is 6.92 Å². The largest absolute Gasteiger partial charge is 0.409 e. The van der Waals surface area contributed by atoms with Crippen LogP contribution in [0.15, 0.2) is 34.5 Å². The molecule has 0 atom stereocenters. The van der Waals surface area contributed by atoms with Gasteiger partial charge in [-0.1, -0.05) is 35.0 Å². The van der Waals surface area contributed by atoms with Gasteiger partial charge in [0.1, 0.15) is 5.84 Å². The quantitative estimate of drug-likeness (QED) is 0.212. The molecule has 0 bridgehead atoms. The van der Waals surface area contributed by atoms with Gasteiger partial charge >= 0.3 is 0 Å². The highest BCUT2D eigenvalue weighted by atomic mass is 16.4. The fourth-order valence-corrected chi connectivity index (χ4v) is 1.16. The van der Waals surface area contributed by atoms with E-state index in [2.05, 4.69) is 10.3 Å². The van der Waals surface area contributed by atoms with E-state index >= 15 is 0 Å². The Morgan fingerprint density at radius 1 is 1.31 bits per heavy atom. The van der Waals surface area contributed by atoms with Crippen molar-refractivity contribution in [3.05, 3.63) is 35.4 Å². The van der Waals surface area contributed by atoms with Crippen LogP contribution in [0.3, 0.4) is 0 Å². The summed E-state index contributed by atoms with van der Waals surface area (Å²) in [5, 5.41) is 16.6. The van der Waals surface area contributed by atoms with E-state index in [1.165, 1.54) is 0 Å². The van der Waals surface area contributed by atoms with Gasteiger partial charge in [-0.15, -0.1) is 0 Å². The summed E-state index contributed by atoms with van der Waals surface area (Å²) in [5.41, 5.74) is 1.78. The van der Waals surface area contributed by atoms with Crippen LogP contribution in [0.4, 0.5) is 0 Å². The second-order valence-electron chi connectivity index (χ2n) is 3.34. The van der Waals surface area contributed by atoms with Crippen molar-refractivity contribution in [2.45, 2.75) is 13.8 Å². The average Bonchev–Trinajstić information content (AvgIpc) is 2.31. The Hall–Kier alpha value is -2.08. The van der Waals surface area contributed by atoms with Gasteiger partial charge in [-0.05, 0) is 13.8 Å². The molecule has 1 aromatic rings. The maximum atomic E-state index is 8.93. The molecule has 0 fully saturated rings.